The van der Waals surface area contributed by atoms with Crippen LogP contribution in [0, 0.1) is 5.41 Å². The third-order valence-electron chi connectivity index (χ3n) is 2.22. The van der Waals surface area contributed by atoms with Crippen molar-refractivity contribution in [2.24, 2.45) is 5.41 Å². The van der Waals surface area contributed by atoms with Crippen molar-refractivity contribution in [2.45, 2.75) is 39.5 Å². The summed E-state index contributed by atoms with van der Waals surface area (Å²) in [5.41, 5.74) is -0.838. The van der Waals surface area contributed by atoms with Crippen LogP contribution in [0.25, 0.3) is 0 Å². The molecule has 0 aliphatic heterocycles. The monoisotopic (exact) mass is 169 g/mol. The van der Waals surface area contributed by atoms with Crippen molar-refractivity contribution in [3.8, 4) is 0 Å². The SMILES string of the molecule is C=CC(C)(CCCCC)C(=O)[O-]. The molecule has 0 N–H and O–H groups in total. The summed E-state index contributed by atoms with van der Waals surface area (Å²) in [6, 6.07) is 0. The Balaban J connectivity index is 3.97. The molecule has 1 unspecified atom stereocenters. The molecule has 12 heavy (non-hydrogen) atoms. The summed E-state index contributed by atoms with van der Waals surface area (Å²) < 4.78 is 0. The summed E-state index contributed by atoms with van der Waals surface area (Å²) in [7, 11) is 0. The molecule has 0 radical (unpaired) electrons. The minimum atomic E-state index is -1.02. The Bertz CT molecular complexity index is 163. The summed E-state index contributed by atoms with van der Waals surface area (Å²) in [5, 5.41) is 10.7. The van der Waals surface area contributed by atoms with Crippen LogP contribution in [0.5, 0.6) is 0 Å². The first-order chi connectivity index (χ1) is 5.56. The number of carbonyl (C=O) groups is 1. The fourth-order valence-electron chi connectivity index (χ4n) is 1.03. The van der Waals surface area contributed by atoms with E-state index in [1.54, 1.807) is 6.92 Å². The smallest absolute Gasteiger partial charge is 0.0511 e. The molecular weight excluding hydrogens is 152 g/mol. The number of unbranched alkanes of at least 4 members (excludes halogenated alkanes) is 2. The second-order valence-corrected chi connectivity index (χ2v) is 3.37. The lowest BCUT2D eigenvalue weighted by atomic mass is 9.85. The van der Waals surface area contributed by atoms with Crippen LogP contribution in [0.2, 0.25) is 0 Å². The number of aliphatic carboxylic acids is 1. The molecule has 70 valence electrons. The standard InChI is InChI=1S/C10H18O2/c1-4-6-7-8-10(3,5-2)9(11)12/h5H,2,4,6-8H2,1,3H3,(H,11,12)/p-1. The van der Waals surface area contributed by atoms with Gasteiger partial charge < -0.3 is 9.90 Å². The van der Waals surface area contributed by atoms with E-state index >= 15 is 0 Å². The van der Waals surface area contributed by atoms with Crippen LogP contribution < -0.4 is 5.11 Å². The second-order valence-electron chi connectivity index (χ2n) is 3.37. The fraction of sp³-hybridized carbons (Fsp3) is 0.700. The minimum Gasteiger partial charge on any atom is -0.549 e. The first-order valence-corrected chi connectivity index (χ1v) is 4.42. The molecule has 0 rings (SSSR count). The maximum absolute atomic E-state index is 10.7. The zero-order valence-corrected chi connectivity index (χ0v) is 7.93. The lowest BCUT2D eigenvalue weighted by Crippen LogP contribution is -2.38. The molecule has 0 aromatic carbocycles. The quantitative estimate of drug-likeness (QED) is 0.446. The Labute approximate surface area is 74.3 Å². The maximum Gasteiger partial charge on any atom is 0.0511 e. The van der Waals surface area contributed by atoms with Crippen molar-refractivity contribution in [3.05, 3.63) is 12.7 Å². The first kappa shape index (κ1) is 11.2. The van der Waals surface area contributed by atoms with Crippen molar-refractivity contribution in [1.29, 1.82) is 0 Å². The van der Waals surface area contributed by atoms with E-state index in [0.29, 0.717) is 6.42 Å². The lowest BCUT2D eigenvalue weighted by molar-refractivity contribution is -0.316. The van der Waals surface area contributed by atoms with E-state index in [4.69, 9.17) is 0 Å². The number of carbonyl (C=O) groups excluding carboxylic acids is 1. The van der Waals surface area contributed by atoms with Crippen molar-refractivity contribution in [2.75, 3.05) is 0 Å². The highest BCUT2D eigenvalue weighted by molar-refractivity contribution is 5.74. The van der Waals surface area contributed by atoms with Gasteiger partial charge in [0.15, 0.2) is 0 Å². The highest BCUT2D eigenvalue weighted by atomic mass is 16.4. The molecule has 0 heterocycles. The first-order valence-electron chi connectivity index (χ1n) is 4.42. The molecule has 2 nitrogen and oxygen atoms in total. The minimum absolute atomic E-state index is 0.632. The van der Waals surface area contributed by atoms with Crippen LogP contribution >= 0.6 is 0 Å². The van der Waals surface area contributed by atoms with Crippen LogP contribution in [0.1, 0.15) is 39.5 Å². The Morgan fingerprint density at radius 2 is 2.17 bits per heavy atom. The van der Waals surface area contributed by atoms with E-state index in [1.807, 2.05) is 0 Å². The van der Waals surface area contributed by atoms with Crippen molar-refractivity contribution in [3.63, 3.8) is 0 Å². The van der Waals surface area contributed by atoms with Gasteiger partial charge in [-0.25, -0.2) is 0 Å². The van der Waals surface area contributed by atoms with Gasteiger partial charge >= 0.3 is 0 Å². The Kier molecular flexibility index (Phi) is 4.64. The predicted molar refractivity (Wildman–Crippen MR) is 47.5 cm³/mol. The zero-order valence-electron chi connectivity index (χ0n) is 7.93. The molecule has 0 saturated carbocycles. The van der Waals surface area contributed by atoms with Crippen LogP contribution in [0.4, 0.5) is 0 Å². The van der Waals surface area contributed by atoms with Gasteiger partial charge in [-0.05, 0) is 6.42 Å². The molecular formula is C10H17O2-. The van der Waals surface area contributed by atoms with Crippen molar-refractivity contribution >= 4 is 5.97 Å². The second kappa shape index (κ2) is 4.96. The van der Waals surface area contributed by atoms with Crippen LogP contribution in [-0.4, -0.2) is 5.97 Å². The Morgan fingerprint density at radius 1 is 1.58 bits per heavy atom. The number of carboxylic acid groups (broad SMARTS) is 1. The molecule has 0 bridgehead atoms. The van der Waals surface area contributed by atoms with Gasteiger partial charge in [0.2, 0.25) is 0 Å². The number of hydrogen-bond donors (Lipinski definition) is 0. The molecule has 0 amide bonds. The number of hydrogen-bond acceptors (Lipinski definition) is 2. The maximum atomic E-state index is 10.7. The van der Waals surface area contributed by atoms with E-state index in [2.05, 4.69) is 13.5 Å². The molecule has 0 fully saturated rings. The van der Waals surface area contributed by atoms with Gasteiger partial charge in [0, 0.05) is 5.41 Å². The normalized spacial score (nSPS) is 15.2. The summed E-state index contributed by atoms with van der Waals surface area (Å²) in [5.74, 6) is -1.02. The van der Waals surface area contributed by atoms with Gasteiger partial charge in [0.1, 0.15) is 0 Å². The molecule has 0 saturated heterocycles. The lowest BCUT2D eigenvalue weighted by Gasteiger charge is -2.26. The molecule has 0 aliphatic carbocycles. The van der Waals surface area contributed by atoms with Crippen LogP contribution in [0.3, 0.4) is 0 Å². The van der Waals surface area contributed by atoms with Crippen LogP contribution in [-0.2, 0) is 4.79 Å². The van der Waals surface area contributed by atoms with Gasteiger partial charge in [-0.3, -0.25) is 0 Å². The third kappa shape index (κ3) is 3.07. The summed E-state index contributed by atoms with van der Waals surface area (Å²) >= 11 is 0. The topological polar surface area (TPSA) is 40.1 Å². The van der Waals surface area contributed by atoms with E-state index in [9.17, 15) is 9.90 Å². The average molecular weight is 169 g/mol. The highest BCUT2D eigenvalue weighted by Crippen LogP contribution is 2.24. The van der Waals surface area contributed by atoms with E-state index in [0.717, 1.165) is 19.3 Å². The van der Waals surface area contributed by atoms with E-state index in [1.165, 1.54) is 6.08 Å². The Hall–Kier alpha value is -0.790. The number of rotatable bonds is 6. The van der Waals surface area contributed by atoms with Crippen molar-refractivity contribution in [1.82, 2.24) is 0 Å². The fourth-order valence-corrected chi connectivity index (χ4v) is 1.03. The van der Waals surface area contributed by atoms with Crippen molar-refractivity contribution < 1.29 is 9.90 Å². The van der Waals surface area contributed by atoms with Gasteiger partial charge in [-0.1, -0.05) is 39.2 Å². The third-order valence-corrected chi connectivity index (χ3v) is 2.22. The summed E-state index contributed by atoms with van der Waals surface area (Å²) in [4.78, 5) is 10.7. The molecule has 1 atom stereocenters. The zero-order chi connectivity index (χ0) is 9.61. The molecule has 0 aliphatic rings. The van der Waals surface area contributed by atoms with Crippen LogP contribution in [0.15, 0.2) is 12.7 Å². The van der Waals surface area contributed by atoms with Gasteiger partial charge in [0.05, 0.1) is 5.97 Å². The molecule has 0 aromatic heterocycles. The van der Waals surface area contributed by atoms with Gasteiger partial charge in [-0.2, -0.15) is 0 Å². The summed E-state index contributed by atoms with van der Waals surface area (Å²) in [6.45, 7) is 7.26. The van der Waals surface area contributed by atoms with Gasteiger partial charge in [0.25, 0.3) is 0 Å². The van der Waals surface area contributed by atoms with E-state index in [-0.39, 0.29) is 0 Å². The largest absolute Gasteiger partial charge is 0.549 e. The molecule has 2 heteroatoms. The van der Waals surface area contributed by atoms with Gasteiger partial charge in [-0.15, -0.1) is 6.58 Å². The molecule has 0 aromatic rings. The predicted octanol–water partition coefficient (Wildman–Crippen LogP) is 1.51. The summed E-state index contributed by atoms with van der Waals surface area (Å²) in [6.07, 6.45) is 5.19. The number of carboxylic acids is 1. The average Bonchev–Trinajstić information content (AvgIpc) is 2.04. The molecule has 0 spiro atoms. The highest BCUT2D eigenvalue weighted by Gasteiger charge is 2.20. The Morgan fingerprint density at radius 3 is 2.50 bits per heavy atom. The van der Waals surface area contributed by atoms with E-state index < -0.39 is 11.4 Å².